The maximum Gasteiger partial charge on any atom is 0.277 e. The smallest absolute Gasteiger partial charge is 0.277 e. The van der Waals surface area contributed by atoms with E-state index in [9.17, 15) is 4.79 Å². The Hall–Kier alpha value is -4.29. The van der Waals surface area contributed by atoms with Crippen molar-refractivity contribution in [3.8, 4) is 29.9 Å². The van der Waals surface area contributed by atoms with Crippen molar-refractivity contribution in [2.45, 2.75) is 0 Å². The summed E-state index contributed by atoms with van der Waals surface area (Å²) in [6.45, 7) is -0.149. The van der Waals surface area contributed by atoms with Crippen molar-refractivity contribution in [1.82, 2.24) is 5.43 Å². The van der Waals surface area contributed by atoms with Gasteiger partial charge in [-0.1, -0.05) is 48.4 Å². The second-order valence-corrected chi connectivity index (χ2v) is 5.88. The number of hydrogen-bond donors (Lipinski definition) is 1. The molecule has 29 heavy (non-hydrogen) atoms. The summed E-state index contributed by atoms with van der Waals surface area (Å²) in [6.07, 6.45) is 6.79. The van der Waals surface area contributed by atoms with Crippen LogP contribution in [-0.4, -0.2) is 25.3 Å². The molecule has 0 fully saturated rings. The Kier molecular flexibility index (Phi) is 6.44. The van der Waals surface area contributed by atoms with Gasteiger partial charge in [-0.05, 0) is 29.0 Å². The van der Waals surface area contributed by atoms with Crippen molar-refractivity contribution in [2.75, 3.05) is 13.2 Å². The van der Waals surface area contributed by atoms with Gasteiger partial charge in [0, 0.05) is 5.56 Å². The number of terminal acetylenes is 1. The number of rotatable bonds is 7. The maximum absolute atomic E-state index is 12.0. The molecule has 1 amide bonds. The van der Waals surface area contributed by atoms with E-state index in [4.69, 9.17) is 21.2 Å². The molecule has 3 rings (SSSR count). The summed E-state index contributed by atoms with van der Waals surface area (Å²) in [5, 5.41) is 15.0. The van der Waals surface area contributed by atoms with Crippen molar-refractivity contribution in [1.29, 1.82) is 5.26 Å². The summed E-state index contributed by atoms with van der Waals surface area (Å²) in [7, 11) is 0. The molecule has 6 heteroatoms. The monoisotopic (exact) mass is 383 g/mol. The van der Waals surface area contributed by atoms with Gasteiger partial charge < -0.3 is 9.47 Å². The molecule has 0 atom stereocenters. The minimum absolute atomic E-state index is 0.123. The van der Waals surface area contributed by atoms with Crippen LogP contribution in [0.3, 0.4) is 0 Å². The third-order valence-corrected chi connectivity index (χ3v) is 3.99. The molecule has 0 aliphatic rings. The molecule has 0 unspecified atom stereocenters. The van der Waals surface area contributed by atoms with E-state index in [-0.39, 0.29) is 13.2 Å². The lowest BCUT2D eigenvalue weighted by Crippen LogP contribution is -2.24. The summed E-state index contributed by atoms with van der Waals surface area (Å²) in [5.74, 6) is 2.88. The number of nitrogens with zero attached hydrogens (tertiary/aromatic N) is 2. The topological polar surface area (TPSA) is 83.7 Å². The fraction of sp³-hybridized carbons (Fsp3) is 0.0870. The number of para-hydroxylation sites is 1. The number of nitriles is 1. The SMILES string of the molecule is C#CCOc1ccc2ccccc2c1/C=N\NC(=O)COc1ccccc1C#N. The summed E-state index contributed by atoms with van der Waals surface area (Å²) in [4.78, 5) is 12.0. The second kappa shape index (κ2) is 9.59. The lowest BCUT2D eigenvalue weighted by molar-refractivity contribution is -0.123. The van der Waals surface area contributed by atoms with E-state index in [0.717, 1.165) is 10.8 Å². The molecule has 3 aromatic carbocycles. The van der Waals surface area contributed by atoms with Gasteiger partial charge in [0.1, 0.15) is 24.2 Å². The van der Waals surface area contributed by atoms with E-state index in [1.807, 2.05) is 42.5 Å². The van der Waals surface area contributed by atoms with E-state index < -0.39 is 5.91 Å². The van der Waals surface area contributed by atoms with Crippen LogP contribution >= 0.6 is 0 Å². The van der Waals surface area contributed by atoms with E-state index in [0.29, 0.717) is 22.6 Å². The Balaban J connectivity index is 1.71. The predicted molar refractivity (Wildman–Crippen MR) is 111 cm³/mol. The number of nitrogens with one attached hydrogen (secondary N) is 1. The highest BCUT2D eigenvalue weighted by molar-refractivity contribution is 6.02. The highest BCUT2D eigenvalue weighted by Crippen LogP contribution is 2.26. The van der Waals surface area contributed by atoms with E-state index >= 15 is 0 Å². The average molecular weight is 383 g/mol. The van der Waals surface area contributed by atoms with Gasteiger partial charge in [-0.3, -0.25) is 4.79 Å². The summed E-state index contributed by atoms with van der Waals surface area (Å²) in [6, 6.07) is 20.2. The van der Waals surface area contributed by atoms with Gasteiger partial charge in [-0.2, -0.15) is 10.4 Å². The highest BCUT2D eigenvalue weighted by Gasteiger charge is 2.08. The fourth-order valence-electron chi connectivity index (χ4n) is 2.68. The molecule has 0 aliphatic heterocycles. The molecule has 0 radical (unpaired) electrons. The van der Waals surface area contributed by atoms with Crippen LogP contribution in [0.2, 0.25) is 0 Å². The number of carbonyl (C=O) groups excluding carboxylic acids is 1. The van der Waals surface area contributed by atoms with Gasteiger partial charge in [-0.15, -0.1) is 6.42 Å². The Morgan fingerprint density at radius 1 is 1.07 bits per heavy atom. The Morgan fingerprint density at radius 3 is 2.69 bits per heavy atom. The van der Waals surface area contributed by atoms with Crippen LogP contribution < -0.4 is 14.9 Å². The lowest BCUT2D eigenvalue weighted by Gasteiger charge is -2.10. The summed E-state index contributed by atoms with van der Waals surface area (Å²) < 4.78 is 11.0. The number of hydrazone groups is 1. The van der Waals surface area contributed by atoms with Crippen molar-refractivity contribution >= 4 is 22.9 Å². The number of fused-ring (bicyclic) bond motifs is 1. The van der Waals surface area contributed by atoms with Crippen molar-refractivity contribution < 1.29 is 14.3 Å². The van der Waals surface area contributed by atoms with Crippen LogP contribution in [-0.2, 0) is 4.79 Å². The zero-order chi connectivity index (χ0) is 20.5. The van der Waals surface area contributed by atoms with Crippen LogP contribution in [0.25, 0.3) is 10.8 Å². The standard InChI is InChI=1S/C23H17N3O3/c1-2-13-28-22-12-11-17-7-3-5-9-19(17)20(22)15-25-26-23(27)16-29-21-10-6-4-8-18(21)14-24/h1,3-12,15H,13,16H2,(H,26,27)/b25-15-. The Bertz CT molecular complexity index is 1140. The Labute approximate surface area is 168 Å². The number of amides is 1. The molecule has 0 bridgehead atoms. The first kappa shape index (κ1) is 19.5. The molecule has 1 N–H and O–H groups in total. The zero-order valence-corrected chi connectivity index (χ0v) is 15.5. The predicted octanol–water partition coefficient (Wildman–Crippen LogP) is 3.25. The molecule has 0 saturated carbocycles. The number of benzene rings is 3. The second-order valence-electron chi connectivity index (χ2n) is 5.88. The van der Waals surface area contributed by atoms with Crippen LogP contribution in [0.5, 0.6) is 11.5 Å². The molecule has 3 aromatic rings. The first-order valence-corrected chi connectivity index (χ1v) is 8.74. The van der Waals surface area contributed by atoms with Gasteiger partial charge in [0.15, 0.2) is 6.61 Å². The molecular formula is C23H17N3O3. The largest absolute Gasteiger partial charge is 0.482 e. The van der Waals surface area contributed by atoms with Gasteiger partial charge in [0.05, 0.1) is 11.8 Å². The van der Waals surface area contributed by atoms with Gasteiger partial charge in [-0.25, -0.2) is 5.43 Å². The van der Waals surface area contributed by atoms with Crippen LogP contribution in [0.1, 0.15) is 11.1 Å². The minimum Gasteiger partial charge on any atom is -0.482 e. The van der Waals surface area contributed by atoms with Gasteiger partial charge >= 0.3 is 0 Å². The third kappa shape index (κ3) is 4.91. The van der Waals surface area contributed by atoms with Crippen molar-refractivity contribution in [2.24, 2.45) is 5.10 Å². The summed E-state index contributed by atoms with van der Waals surface area (Å²) >= 11 is 0. The number of ether oxygens (including phenoxy) is 2. The molecule has 0 aliphatic carbocycles. The van der Waals surface area contributed by atoms with Gasteiger partial charge in [0.25, 0.3) is 5.91 Å². The van der Waals surface area contributed by atoms with Crippen LogP contribution in [0.4, 0.5) is 0 Å². The molecule has 0 spiro atoms. The van der Waals surface area contributed by atoms with E-state index in [1.54, 1.807) is 24.3 Å². The van der Waals surface area contributed by atoms with Crippen molar-refractivity contribution in [3.05, 3.63) is 71.8 Å². The third-order valence-electron chi connectivity index (χ3n) is 3.99. The lowest BCUT2D eigenvalue weighted by atomic mass is 10.0. The molecule has 142 valence electrons. The van der Waals surface area contributed by atoms with Crippen molar-refractivity contribution in [3.63, 3.8) is 0 Å². The first-order chi connectivity index (χ1) is 14.2. The maximum atomic E-state index is 12.0. The Morgan fingerprint density at radius 2 is 1.86 bits per heavy atom. The molecule has 0 aromatic heterocycles. The molecule has 0 saturated heterocycles. The normalized spacial score (nSPS) is 10.3. The van der Waals surface area contributed by atoms with E-state index in [1.165, 1.54) is 6.21 Å². The minimum atomic E-state index is -0.458. The fourth-order valence-corrected chi connectivity index (χ4v) is 2.68. The average Bonchev–Trinajstić information content (AvgIpc) is 2.77. The highest BCUT2D eigenvalue weighted by atomic mass is 16.5. The van der Waals surface area contributed by atoms with Crippen LogP contribution in [0.15, 0.2) is 65.8 Å². The number of carbonyl (C=O) groups is 1. The summed E-state index contributed by atoms with van der Waals surface area (Å²) in [5.41, 5.74) is 3.47. The molecule has 6 nitrogen and oxygen atoms in total. The quantitative estimate of drug-likeness (QED) is 0.386. The van der Waals surface area contributed by atoms with Crippen LogP contribution in [0, 0.1) is 23.7 Å². The zero-order valence-electron chi connectivity index (χ0n) is 15.5. The number of hydrogen-bond acceptors (Lipinski definition) is 5. The molecular weight excluding hydrogens is 366 g/mol. The molecule has 0 heterocycles. The first-order valence-electron chi connectivity index (χ1n) is 8.74. The van der Waals surface area contributed by atoms with Gasteiger partial charge in [0.2, 0.25) is 0 Å². The van der Waals surface area contributed by atoms with E-state index in [2.05, 4.69) is 16.4 Å².